The van der Waals surface area contributed by atoms with Gasteiger partial charge in [0.1, 0.15) is 6.61 Å². The van der Waals surface area contributed by atoms with E-state index in [1.165, 1.54) is 0 Å². The topological polar surface area (TPSA) is 35.5 Å². The molecule has 0 spiro atoms. The fourth-order valence-corrected chi connectivity index (χ4v) is 1.50. The Labute approximate surface area is 132 Å². The summed E-state index contributed by atoms with van der Waals surface area (Å²) >= 11 is -0.806. The number of carbonyl (C=O) groups is 1. The summed E-state index contributed by atoms with van der Waals surface area (Å²) < 4.78 is 131. The van der Waals surface area contributed by atoms with Gasteiger partial charge in [-0.15, -0.1) is 0 Å². The Kier molecular flexibility index (Phi) is 7.42. The fourth-order valence-electron chi connectivity index (χ4n) is 0.882. The molecule has 0 aromatic rings. The molecule has 0 aliphatic carbocycles. The highest BCUT2D eigenvalue weighted by Gasteiger charge is 2.75. The molecule has 0 aliphatic rings. The molecule has 0 aromatic heterocycles. The van der Waals surface area contributed by atoms with Gasteiger partial charge in [-0.05, 0) is 0 Å². The summed E-state index contributed by atoms with van der Waals surface area (Å²) in [6.45, 7) is 2.17. The van der Waals surface area contributed by atoms with Crippen molar-refractivity contribution in [3.8, 4) is 0 Å². The first-order chi connectivity index (χ1) is 10.6. The van der Waals surface area contributed by atoms with Gasteiger partial charge in [0.2, 0.25) is 0 Å². The van der Waals surface area contributed by atoms with E-state index in [9.17, 15) is 48.7 Å². The van der Waals surface area contributed by atoms with Gasteiger partial charge in [0.25, 0.3) is 6.36 Å². The van der Waals surface area contributed by atoms with Gasteiger partial charge < -0.3 is 4.74 Å². The first kappa shape index (κ1) is 22.8. The number of thioether (sulfide) groups is 1. The second kappa shape index (κ2) is 7.80. The lowest BCUT2D eigenvalue weighted by atomic mass is 10.3. The van der Waals surface area contributed by atoms with Crippen LogP contribution in [-0.4, -0.2) is 48.1 Å². The Morgan fingerprint density at radius 1 is 1.08 bits per heavy atom. The summed E-state index contributed by atoms with van der Waals surface area (Å²) in [5, 5.41) is -4.92. The zero-order valence-electron chi connectivity index (χ0n) is 11.2. The Bertz CT molecular complexity index is 451. The molecule has 3 nitrogen and oxygen atoms in total. The van der Waals surface area contributed by atoms with Gasteiger partial charge in [-0.25, -0.2) is 9.18 Å². The van der Waals surface area contributed by atoms with Crippen LogP contribution in [0.15, 0.2) is 12.7 Å². The van der Waals surface area contributed by atoms with Crippen molar-refractivity contribution in [1.29, 1.82) is 0 Å². The number of hydrogen-bond acceptors (Lipinski definition) is 4. The SMILES string of the molecule is C=CC(=O)OCCSC(F)(F)C(F)OC(F)(F)C(F)(F)C(F)(F)F. The molecule has 0 saturated heterocycles. The average molecular weight is 398 g/mol. The normalized spacial score (nSPS) is 15.1. The van der Waals surface area contributed by atoms with E-state index in [1.54, 1.807) is 0 Å². The Balaban J connectivity index is 4.79. The van der Waals surface area contributed by atoms with Crippen LogP contribution in [0.4, 0.5) is 43.9 Å². The van der Waals surface area contributed by atoms with Crippen molar-refractivity contribution < 1.29 is 58.2 Å². The second-order valence-corrected chi connectivity index (χ2v) is 5.05. The highest BCUT2D eigenvalue weighted by atomic mass is 32.2. The summed E-state index contributed by atoms with van der Waals surface area (Å²) in [6, 6.07) is 0. The van der Waals surface area contributed by atoms with Crippen LogP contribution in [0, 0.1) is 0 Å². The summed E-state index contributed by atoms with van der Waals surface area (Å²) in [4.78, 5) is 10.5. The lowest BCUT2D eigenvalue weighted by molar-refractivity contribution is -0.446. The largest absolute Gasteiger partial charge is 0.462 e. The van der Waals surface area contributed by atoms with E-state index in [1.807, 2.05) is 0 Å². The van der Waals surface area contributed by atoms with Crippen molar-refractivity contribution in [3.63, 3.8) is 0 Å². The van der Waals surface area contributed by atoms with Crippen LogP contribution in [-0.2, 0) is 14.3 Å². The maximum Gasteiger partial charge on any atom is 0.462 e. The van der Waals surface area contributed by atoms with Crippen molar-refractivity contribution >= 4 is 17.7 Å². The number of hydrogen-bond donors (Lipinski definition) is 0. The second-order valence-electron chi connectivity index (χ2n) is 3.80. The summed E-state index contributed by atoms with van der Waals surface area (Å²) in [7, 11) is 0. The molecule has 0 fully saturated rings. The van der Waals surface area contributed by atoms with Crippen molar-refractivity contribution in [3.05, 3.63) is 12.7 Å². The maximum atomic E-state index is 13.1. The Morgan fingerprint density at radius 2 is 1.58 bits per heavy atom. The maximum absolute atomic E-state index is 13.1. The Hall–Kier alpha value is -1.18. The van der Waals surface area contributed by atoms with Gasteiger partial charge in [-0.3, -0.25) is 4.74 Å². The van der Waals surface area contributed by atoms with E-state index in [0.717, 1.165) is 0 Å². The minimum absolute atomic E-state index is 0.643. The quantitative estimate of drug-likeness (QED) is 0.253. The molecule has 0 radical (unpaired) electrons. The van der Waals surface area contributed by atoms with Gasteiger partial charge in [0.15, 0.2) is 0 Å². The standard InChI is InChI=1S/C10H8F10O3S/c1-2-5(21)22-3-4-24-7(12,13)6(11)23-10(19,20)8(14,15)9(16,17)18/h2,6H,1,3-4H2. The number of halogens is 10. The molecule has 0 rings (SSSR count). The third-order valence-corrected chi connectivity index (χ3v) is 2.97. The molecule has 0 amide bonds. The minimum atomic E-state index is -6.90. The number of ether oxygens (including phenoxy) is 2. The first-order valence-corrected chi connectivity index (χ1v) is 6.52. The summed E-state index contributed by atoms with van der Waals surface area (Å²) in [6.07, 6.45) is -17.3. The van der Waals surface area contributed by atoms with Crippen LogP contribution in [0.5, 0.6) is 0 Å². The zero-order valence-corrected chi connectivity index (χ0v) is 12.0. The number of rotatable bonds is 9. The molecule has 0 aliphatic heterocycles. The van der Waals surface area contributed by atoms with Crippen LogP contribution >= 0.6 is 11.8 Å². The molecule has 0 heterocycles. The van der Waals surface area contributed by atoms with Gasteiger partial charge in [0.05, 0.1) is 0 Å². The molecule has 0 N–H and O–H groups in total. The fraction of sp³-hybridized carbons (Fsp3) is 0.700. The van der Waals surface area contributed by atoms with Gasteiger partial charge >= 0.3 is 29.4 Å². The predicted octanol–water partition coefficient (Wildman–Crippen LogP) is 4.14. The monoisotopic (exact) mass is 398 g/mol. The molecule has 0 aromatic carbocycles. The van der Waals surface area contributed by atoms with E-state index in [2.05, 4.69) is 16.1 Å². The molecule has 24 heavy (non-hydrogen) atoms. The molecular weight excluding hydrogens is 390 g/mol. The van der Waals surface area contributed by atoms with Gasteiger partial charge in [0, 0.05) is 11.8 Å². The molecular formula is C10H8F10O3S. The Morgan fingerprint density at radius 3 is 2.00 bits per heavy atom. The van der Waals surface area contributed by atoms with Crippen LogP contribution in [0.3, 0.4) is 0 Å². The third kappa shape index (κ3) is 5.72. The van der Waals surface area contributed by atoms with Crippen LogP contribution in [0.1, 0.15) is 0 Å². The van der Waals surface area contributed by atoms with Gasteiger partial charge in [-0.1, -0.05) is 18.3 Å². The molecule has 14 heteroatoms. The summed E-state index contributed by atoms with van der Waals surface area (Å²) in [5.41, 5.74) is 0. The highest BCUT2D eigenvalue weighted by molar-refractivity contribution is 8.00. The highest BCUT2D eigenvalue weighted by Crippen LogP contribution is 2.49. The van der Waals surface area contributed by atoms with E-state index < -0.39 is 59.9 Å². The van der Waals surface area contributed by atoms with Crippen molar-refractivity contribution in [2.75, 3.05) is 12.4 Å². The van der Waals surface area contributed by atoms with Crippen molar-refractivity contribution in [2.45, 2.75) is 29.8 Å². The average Bonchev–Trinajstić information content (AvgIpc) is 2.41. The minimum Gasteiger partial charge on any atom is -0.462 e. The van der Waals surface area contributed by atoms with Crippen LogP contribution < -0.4 is 0 Å². The molecule has 1 atom stereocenters. The van der Waals surface area contributed by atoms with Crippen molar-refractivity contribution in [2.24, 2.45) is 0 Å². The van der Waals surface area contributed by atoms with E-state index in [0.29, 0.717) is 6.08 Å². The van der Waals surface area contributed by atoms with E-state index >= 15 is 0 Å². The predicted molar refractivity (Wildman–Crippen MR) is 60.5 cm³/mol. The number of carbonyl (C=O) groups excluding carboxylic acids is 1. The van der Waals surface area contributed by atoms with Crippen molar-refractivity contribution in [1.82, 2.24) is 0 Å². The van der Waals surface area contributed by atoms with Gasteiger partial charge in [-0.2, -0.15) is 39.5 Å². The van der Waals surface area contributed by atoms with Crippen LogP contribution in [0.2, 0.25) is 0 Å². The van der Waals surface area contributed by atoms with Crippen LogP contribution in [0.25, 0.3) is 0 Å². The smallest absolute Gasteiger partial charge is 0.462 e. The first-order valence-electron chi connectivity index (χ1n) is 5.53. The number of alkyl halides is 10. The lowest BCUT2D eigenvalue weighted by Crippen LogP contribution is -2.55. The number of esters is 1. The van der Waals surface area contributed by atoms with E-state index in [4.69, 9.17) is 0 Å². The third-order valence-electron chi connectivity index (χ3n) is 2.03. The zero-order chi connectivity index (χ0) is 19.4. The molecule has 0 saturated carbocycles. The van der Waals surface area contributed by atoms with E-state index in [-0.39, 0.29) is 0 Å². The molecule has 142 valence electrons. The molecule has 1 unspecified atom stereocenters. The molecule has 0 bridgehead atoms. The lowest BCUT2D eigenvalue weighted by Gasteiger charge is -2.30. The summed E-state index contributed by atoms with van der Waals surface area (Å²) in [5.74, 6) is -8.86.